The van der Waals surface area contributed by atoms with E-state index in [0.717, 1.165) is 37.2 Å². The number of aromatic nitrogens is 1. The van der Waals surface area contributed by atoms with Crippen molar-refractivity contribution in [2.75, 3.05) is 26.2 Å². The minimum Gasteiger partial charge on any atom is -0.337 e. The predicted molar refractivity (Wildman–Crippen MR) is 102 cm³/mol. The zero-order valence-corrected chi connectivity index (χ0v) is 15.4. The Kier molecular flexibility index (Phi) is 5.13. The standard InChI is InChI=1S/C20H25N3OS/c24-20(19-21-18(15-25-19)16-7-2-1-3-8-16)23-13-6-9-17(10-14-23)22-11-4-5-12-22/h1-3,7-8,15,17H,4-6,9-14H2. The Morgan fingerprint density at radius 3 is 2.60 bits per heavy atom. The second-order valence-electron chi connectivity index (χ2n) is 7.02. The van der Waals surface area contributed by atoms with E-state index in [9.17, 15) is 4.79 Å². The minimum absolute atomic E-state index is 0.106. The summed E-state index contributed by atoms with van der Waals surface area (Å²) < 4.78 is 0. The van der Waals surface area contributed by atoms with E-state index >= 15 is 0 Å². The molecule has 0 bridgehead atoms. The van der Waals surface area contributed by atoms with Gasteiger partial charge in [-0.25, -0.2) is 4.98 Å². The molecule has 2 fully saturated rings. The molecule has 1 amide bonds. The number of thiazole rings is 1. The summed E-state index contributed by atoms with van der Waals surface area (Å²) in [6, 6.07) is 10.7. The Balaban J connectivity index is 1.42. The monoisotopic (exact) mass is 355 g/mol. The first-order chi connectivity index (χ1) is 12.3. The maximum Gasteiger partial charge on any atom is 0.282 e. The molecule has 4 nitrogen and oxygen atoms in total. The quantitative estimate of drug-likeness (QED) is 0.838. The van der Waals surface area contributed by atoms with E-state index in [1.165, 1.54) is 43.7 Å². The third-order valence-electron chi connectivity index (χ3n) is 5.40. The van der Waals surface area contributed by atoms with Crippen LogP contribution >= 0.6 is 11.3 Å². The molecule has 1 aromatic heterocycles. The molecule has 4 rings (SSSR count). The number of hydrogen-bond donors (Lipinski definition) is 0. The summed E-state index contributed by atoms with van der Waals surface area (Å²) in [5.74, 6) is 0.106. The highest BCUT2D eigenvalue weighted by atomic mass is 32.1. The van der Waals surface area contributed by atoms with Gasteiger partial charge in [-0.15, -0.1) is 11.3 Å². The predicted octanol–water partition coefficient (Wildman–Crippen LogP) is 3.90. The second kappa shape index (κ2) is 7.67. The number of benzene rings is 1. The lowest BCUT2D eigenvalue weighted by atomic mass is 10.1. The van der Waals surface area contributed by atoms with Crippen LogP contribution in [0.3, 0.4) is 0 Å². The van der Waals surface area contributed by atoms with Crippen molar-refractivity contribution in [1.82, 2.24) is 14.8 Å². The molecule has 0 radical (unpaired) electrons. The molecule has 2 aliphatic rings. The van der Waals surface area contributed by atoms with E-state index in [1.807, 2.05) is 40.6 Å². The number of carbonyl (C=O) groups excluding carboxylic acids is 1. The molecule has 1 aromatic carbocycles. The van der Waals surface area contributed by atoms with Gasteiger partial charge in [0, 0.05) is 30.1 Å². The molecular formula is C20H25N3OS. The Hall–Kier alpha value is -1.72. The number of hydrogen-bond acceptors (Lipinski definition) is 4. The van der Waals surface area contributed by atoms with E-state index in [1.54, 1.807) is 0 Å². The van der Waals surface area contributed by atoms with Crippen LogP contribution in [0.5, 0.6) is 0 Å². The molecule has 0 spiro atoms. The van der Waals surface area contributed by atoms with Crippen LogP contribution in [0.4, 0.5) is 0 Å². The molecule has 1 unspecified atom stereocenters. The van der Waals surface area contributed by atoms with E-state index in [0.29, 0.717) is 11.0 Å². The SMILES string of the molecule is O=C(c1nc(-c2ccccc2)cs1)N1CCCC(N2CCCC2)CC1. The molecule has 3 heterocycles. The number of likely N-dealkylation sites (tertiary alicyclic amines) is 2. The topological polar surface area (TPSA) is 36.4 Å². The minimum atomic E-state index is 0.106. The summed E-state index contributed by atoms with van der Waals surface area (Å²) in [4.78, 5) is 22.1. The van der Waals surface area contributed by atoms with Crippen LogP contribution < -0.4 is 0 Å². The third kappa shape index (κ3) is 3.77. The fourth-order valence-corrected chi connectivity index (χ4v) is 4.80. The van der Waals surface area contributed by atoms with Crippen LogP contribution in [-0.4, -0.2) is 52.9 Å². The van der Waals surface area contributed by atoms with Crippen LogP contribution in [0.2, 0.25) is 0 Å². The smallest absolute Gasteiger partial charge is 0.282 e. The highest BCUT2D eigenvalue weighted by Crippen LogP contribution is 2.25. The summed E-state index contributed by atoms with van der Waals surface area (Å²) in [7, 11) is 0. The molecule has 0 aliphatic carbocycles. The molecule has 2 aliphatic heterocycles. The van der Waals surface area contributed by atoms with Gasteiger partial charge in [0.15, 0.2) is 5.01 Å². The molecule has 132 valence electrons. The maximum absolute atomic E-state index is 12.9. The molecule has 5 heteroatoms. The summed E-state index contributed by atoms with van der Waals surface area (Å²) in [5.41, 5.74) is 1.97. The highest BCUT2D eigenvalue weighted by molar-refractivity contribution is 7.12. The largest absolute Gasteiger partial charge is 0.337 e. The van der Waals surface area contributed by atoms with Crippen molar-refractivity contribution >= 4 is 17.2 Å². The van der Waals surface area contributed by atoms with E-state index in [-0.39, 0.29) is 5.91 Å². The lowest BCUT2D eigenvalue weighted by molar-refractivity contribution is 0.0757. The van der Waals surface area contributed by atoms with Gasteiger partial charge < -0.3 is 9.80 Å². The normalized spacial score (nSPS) is 22.1. The fourth-order valence-electron chi connectivity index (χ4n) is 4.00. The van der Waals surface area contributed by atoms with E-state index in [2.05, 4.69) is 9.88 Å². The third-order valence-corrected chi connectivity index (χ3v) is 6.23. The van der Waals surface area contributed by atoms with Crippen molar-refractivity contribution in [2.24, 2.45) is 0 Å². The second-order valence-corrected chi connectivity index (χ2v) is 7.88. The van der Waals surface area contributed by atoms with Gasteiger partial charge in [-0.2, -0.15) is 0 Å². The van der Waals surface area contributed by atoms with Crippen molar-refractivity contribution in [3.63, 3.8) is 0 Å². The number of nitrogens with zero attached hydrogens (tertiary/aromatic N) is 3. The maximum atomic E-state index is 12.9. The lowest BCUT2D eigenvalue weighted by Crippen LogP contribution is -2.35. The molecular weight excluding hydrogens is 330 g/mol. The van der Waals surface area contributed by atoms with Gasteiger partial charge in [0.25, 0.3) is 5.91 Å². The van der Waals surface area contributed by atoms with Gasteiger partial charge in [0.05, 0.1) is 5.69 Å². The first-order valence-electron chi connectivity index (χ1n) is 9.35. The van der Waals surface area contributed by atoms with Gasteiger partial charge in [-0.3, -0.25) is 4.79 Å². The summed E-state index contributed by atoms with van der Waals surface area (Å²) >= 11 is 1.47. The van der Waals surface area contributed by atoms with Crippen molar-refractivity contribution in [1.29, 1.82) is 0 Å². The summed E-state index contributed by atoms with van der Waals surface area (Å²) in [6.07, 6.45) is 6.09. The van der Waals surface area contributed by atoms with Gasteiger partial charge in [0.2, 0.25) is 0 Å². The van der Waals surface area contributed by atoms with Crippen LogP contribution in [0, 0.1) is 0 Å². The molecule has 2 aromatic rings. The Labute approximate surface area is 153 Å². The average Bonchev–Trinajstić information content (AvgIpc) is 3.30. The Morgan fingerprint density at radius 2 is 1.80 bits per heavy atom. The van der Waals surface area contributed by atoms with E-state index < -0.39 is 0 Å². The first-order valence-corrected chi connectivity index (χ1v) is 10.2. The molecule has 0 saturated carbocycles. The van der Waals surface area contributed by atoms with Crippen molar-refractivity contribution < 1.29 is 4.79 Å². The first kappa shape index (κ1) is 16.7. The zero-order valence-electron chi connectivity index (χ0n) is 14.6. The number of rotatable bonds is 3. The van der Waals surface area contributed by atoms with Crippen LogP contribution in [0.25, 0.3) is 11.3 Å². The van der Waals surface area contributed by atoms with Crippen molar-refractivity contribution in [3.8, 4) is 11.3 Å². The molecule has 0 N–H and O–H groups in total. The summed E-state index contributed by atoms with van der Waals surface area (Å²) in [5, 5.41) is 2.62. The average molecular weight is 356 g/mol. The van der Waals surface area contributed by atoms with Crippen molar-refractivity contribution in [2.45, 2.75) is 38.1 Å². The van der Waals surface area contributed by atoms with Gasteiger partial charge >= 0.3 is 0 Å². The van der Waals surface area contributed by atoms with Crippen LogP contribution in [-0.2, 0) is 0 Å². The molecule has 25 heavy (non-hydrogen) atoms. The number of carbonyl (C=O) groups is 1. The van der Waals surface area contributed by atoms with Gasteiger partial charge in [0.1, 0.15) is 0 Å². The van der Waals surface area contributed by atoms with Crippen molar-refractivity contribution in [3.05, 3.63) is 40.7 Å². The lowest BCUT2D eigenvalue weighted by Gasteiger charge is -2.26. The van der Waals surface area contributed by atoms with Gasteiger partial charge in [-0.1, -0.05) is 30.3 Å². The zero-order chi connectivity index (χ0) is 17.1. The van der Waals surface area contributed by atoms with Crippen LogP contribution in [0.1, 0.15) is 41.9 Å². The number of amides is 1. The Bertz CT molecular complexity index is 709. The van der Waals surface area contributed by atoms with Crippen LogP contribution in [0.15, 0.2) is 35.7 Å². The fraction of sp³-hybridized carbons (Fsp3) is 0.500. The van der Waals surface area contributed by atoms with E-state index in [4.69, 9.17) is 0 Å². The highest BCUT2D eigenvalue weighted by Gasteiger charge is 2.27. The summed E-state index contributed by atoms with van der Waals surface area (Å²) in [6.45, 7) is 4.21. The van der Waals surface area contributed by atoms with Gasteiger partial charge in [-0.05, 0) is 45.2 Å². The molecule has 2 saturated heterocycles. The molecule has 1 atom stereocenters. The Morgan fingerprint density at radius 1 is 1.00 bits per heavy atom.